The highest BCUT2D eigenvalue weighted by atomic mass is 79.9. The number of primary sulfonamides is 1. The van der Waals surface area contributed by atoms with E-state index in [4.69, 9.17) is 5.14 Å². The smallest absolute Gasteiger partial charge is 0.238 e. The van der Waals surface area contributed by atoms with Crippen molar-refractivity contribution in [2.24, 2.45) is 5.14 Å². The van der Waals surface area contributed by atoms with Crippen LogP contribution in [-0.4, -0.2) is 13.4 Å². The monoisotopic (exact) mass is 394 g/mol. The summed E-state index contributed by atoms with van der Waals surface area (Å²) in [4.78, 5) is 4.21. The Labute approximate surface area is 141 Å². The number of rotatable bonds is 3. The minimum absolute atomic E-state index is 0.0685. The summed E-state index contributed by atoms with van der Waals surface area (Å²) in [7, 11) is -3.84. The largest absolute Gasteiger partial charge is 0.256 e. The van der Waals surface area contributed by atoms with Gasteiger partial charge < -0.3 is 0 Å². The molecule has 0 radical (unpaired) electrons. The molecule has 0 aliphatic heterocycles. The Morgan fingerprint density at radius 2 is 1.87 bits per heavy atom. The van der Waals surface area contributed by atoms with Gasteiger partial charge in [0.05, 0.1) is 10.4 Å². The van der Waals surface area contributed by atoms with E-state index in [1.165, 1.54) is 18.2 Å². The predicted molar refractivity (Wildman–Crippen MR) is 90.0 cm³/mol. The zero-order chi connectivity index (χ0) is 16.6. The molecule has 1 heterocycles. The van der Waals surface area contributed by atoms with Crippen molar-refractivity contribution in [3.63, 3.8) is 0 Å². The fraction of sp³-hybridized carbons (Fsp3) is 0.0625. The van der Waals surface area contributed by atoms with E-state index < -0.39 is 10.0 Å². The minimum Gasteiger partial charge on any atom is -0.256 e. The first kappa shape index (κ1) is 16.0. The SMILES string of the molecule is NS(=O)(=O)c1cc(Br)ccc1Cc1ccnc2cc(F)ccc12. The van der Waals surface area contributed by atoms with E-state index in [2.05, 4.69) is 20.9 Å². The number of sulfonamides is 1. The van der Waals surface area contributed by atoms with Gasteiger partial charge in [0.2, 0.25) is 10.0 Å². The molecule has 0 unspecified atom stereocenters. The molecule has 0 atom stereocenters. The third kappa shape index (κ3) is 3.41. The van der Waals surface area contributed by atoms with Crippen molar-refractivity contribution in [1.29, 1.82) is 0 Å². The summed E-state index contributed by atoms with van der Waals surface area (Å²) in [6.07, 6.45) is 1.93. The fourth-order valence-electron chi connectivity index (χ4n) is 2.48. The fourth-order valence-corrected chi connectivity index (χ4v) is 3.79. The van der Waals surface area contributed by atoms with Gasteiger partial charge in [0.25, 0.3) is 0 Å². The topological polar surface area (TPSA) is 73.1 Å². The van der Waals surface area contributed by atoms with Crippen molar-refractivity contribution in [1.82, 2.24) is 4.98 Å². The van der Waals surface area contributed by atoms with Gasteiger partial charge in [-0.1, -0.05) is 22.0 Å². The third-order valence-electron chi connectivity index (χ3n) is 3.51. The van der Waals surface area contributed by atoms with Crippen molar-refractivity contribution in [2.75, 3.05) is 0 Å². The van der Waals surface area contributed by atoms with Crippen LogP contribution in [0.1, 0.15) is 11.1 Å². The summed E-state index contributed by atoms with van der Waals surface area (Å²) >= 11 is 3.25. The first-order valence-electron chi connectivity index (χ1n) is 6.69. The van der Waals surface area contributed by atoms with E-state index in [1.807, 2.05) is 0 Å². The molecule has 3 aromatic rings. The summed E-state index contributed by atoms with van der Waals surface area (Å²) in [6, 6.07) is 11.1. The van der Waals surface area contributed by atoms with Crippen LogP contribution < -0.4 is 5.14 Å². The number of hydrogen-bond donors (Lipinski definition) is 1. The van der Waals surface area contributed by atoms with Crippen molar-refractivity contribution in [2.45, 2.75) is 11.3 Å². The number of nitrogens with two attached hydrogens (primary N) is 1. The predicted octanol–water partition coefficient (Wildman–Crippen LogP) is 3.37. The highest BCUT2D eigenvalue weighted by molar-refractivity contribution is 9.10. The molecule has 2 N–H and O–H groups in total. The van der Waals surface area contributed by atoms with Gasteiger partial charge in [0.1, 0.15) is 5.82 Å². The Balaban J connectivity index is 2.14. The average Bonchev–Trinajstić information content (AvgIpc) is 2.48. The van der Waals surface area contributed by atoms with Crippen LogP contribution in [0.15, 0.2) is 58.0 Å². The molecule has 7 heteroatoms. The summed E-state index contributed by atoms with van der Waals surface area (Å²) in [5.41, 5.74) is 1.95. The molecule has 118 valence electrons. The van der Waals surface area contributed by atoms with Crippen molar-refractivity contribution >= 4 is 36.9 Å². The van der Waals surface area contributed by atoms with Crippen LogP contribution in [0.2, 0.25) is 0 Å². The number of halogens is 2. The number of fused-ring (bicyclic) bond motifs is 1. The highest BCUT2D eigenvalue weighted by Gasteiger charge is 2.16. The van der Waals surface area contributed by atoms with Crippen LogP contribution >= 0.6 is 15.9 Å². The van der Waals surface area contributed by atoms with Gasteiger partial charge in [0.15, 0.2) is 0 Å². The molecule has 3 rings (SSSR count). The molecule has 0 aliphatic carbocycles. The summed E-state index contributed by atoms with van der Waals surface area (Å²) in [6.45, 7) is 0. The van der Waals surface area contributed by atoms with Crippen LogP contribution in [0, 0.1) is 5.82 Å². The first-order valence-corrected chi connectivity index (χ1v) is 9.03. The summed E-state index contributed by atoms with van der Waals surface area (Å²) in [5.74, 6) is -0.365. The van der Waals surface area contributed by atoms with Crippen LogP contribution in [0.4, 0.5) is 4.39 Å². The van der Waals surface area contributed by atoms with Crippen molar-refractivity contribution in [3.05, 3.63) is 70.1 Å². The molecule has 0 bridgehead atoms. The molecule has 0 saturated carbocycles. The standard InChI is InChI=1S/C16H12BrFN2O2S/c17-12-2-1-11(16(8-12)23(19,21)22)7-10-5-6-20-15-9-13(18)3-4-14(10)15/h1-6,8-9H,7H2,(H2,19,21,22). The number of aromatic nitrogens is 1. The van der Waals surface area contributed by atoms with Gasteiger partial charge >= 0.3 is 0 Å². The maximum absolute atomic E-state index is 13.3. The lowest BCUT2D eigenvalue weighted by Crippen LogP contribution is -2.15. The molecular weight excluding hydrogens is 383 g/mol. The molecule has 0 aliphatic rings. The molecule has 4 nitrogen and oxygen atoms in total. The number of hydrogen-bond acceptors (Lipinski definition) is 3. The van der Waals surface area contributed by atoms with Gasteiger partial charge in [-0.25, -0.2) is 17.9 Å². The van der Waals surface area contributed by atoms with Gasteiger partial charge in [-0.05, 0) is 47.9 Å². The maximum Gasteiger partial charge on any atom is 0.238 e. The minimum atomic E-state index is -3.84. The second-order valence-electron chi connectivity index (χ2n) is 5.11. The Bertz CT molecular complexity index is 1010. The van der Waals surface area contributed by atoms with E-state index in [-0.39, 0.29) is 10.7 Å². The molecule has 0 spiro atoms. The Morgan fingerprint density at radius 3 is 2.61 bits per heavy atom. The summed E-state index contributed by atoms with van der Waals surface area (Å²) < 4.78 is 37.5. The second-order valence-corrected chi connectivity index (χ2v) is 7.55. The number of pyridine rings is 1. The zero-order valence-electron chi connectivity index (χ0n) is 11.8. The van der Waals surface area contributed by atoms with Gasteiger partial charge in [-0.2, -0.15) is 0 Å². The van der Waals surface area contributed by atoms with Crippen molar-refractivity contribution < 1.29 is 12.8 Å². The molecular formula is C16H12BrFN2O2S. The molecule has 23 heavy (non-hydrogen) atoms. The molecule has 1 aromatic heterocycles. The number of nitrogens with zero attached hydrogens (tertiary/aromatic N) is 1. The summed E-state index contributed by atoms with van der Waals surface area (Å²) in [5, 5.41) is 6.08. The zero-order valence-corrected chi connectivity index (χ0v) is 14.2. The van der Waals surface area contributed by atoms with Crippen molar-refractivity contribution in [3.8, 4) is 0 Å². The lowest BCUT2D eigenvalue weighted by atomic mass is 10.0. The van der Waals surface area contributed by atoms with Crippen LogP contribution in [0.3, 0.4) is 0 Å². The highest BCUT2D eigenvalue weighted by Crippen LogP contribution is 2.26. The first-order chi connectivity index (χ1) is 10.8. The molecule has 0 fully saturated rings. The molecule has 0 amide bonds. The normalized spacial score (nSPS) is 11.8. The Hall–Kier alpha value is -1.83. The van der Waals surface area contributed by atoms with E-state index in [0.29, 0.717) is 22.0 Å². The van der Waals surface area contributed by atoms with E-state index in [0.717, 1.165) is 10.9 Å². The molecule has 0 saturated heterocycles. The maximum atomic E-state index is 13.3. The third-order valence-corrected chi connectivity index (χ3v) is 5.00. The Morgan fingerprint density at radius 1 is 1.09 bits per heavy atom. The molecule has 2 aromatic carbocycles. The van der Waals surface area contributed by atoms with Gasteiger partial charge in [-0.15, -0.1) is 0 Å². The second kappa shape index (κ2) is 5.99. The number of benzene rings is 2. The van der Waals surface area contributed by atoms with Gasteiger partial charge in [0, 0.05) is 22.1 Å². The average molecular weight is 395 g/mol. The van der Waals surface area contributed by atoms with Gasteiger partial charge in [-0.3, -0.25) is 4.98 Å². The quantitative estimate of drug-likeness (QED) is 0.739. The van der Waals surface area contributed by atoms with Crippen LogP contribution in [0.25, 0.3) is 10.9 Å². The van der Waals surface area contributed by atoms with E-state index in [9.17, 15) is 12.8 Å². The Kier molecular flexibility index (Phi) is 4.18. The van der Waals surface area contributed by atoms with E-state index in [1.54, 1.807) is 30.5 Å². The van der Waals surface area contributed by atoms with E-state index >= 15 is 0 Å². The lowest BCUT2D eigenvalue weighted by Gasteiger charge is -2.10. The van der Waals surface area contributed by atoms with Crippen LogP contribution in [0.5, 0.6) is 0 Å². The van der Waals surface area contributed by atoms with Crippen LogP contribution in [-0.2, 0) is 16.4 Å². The lowest BCUT2D eigenvalue weighted by molar-refractivity contribution is 0.597.